The molecule has 0 N–H and O–H groups in total. The first-order chi connectivity index (χ1) is 14.7. The summed E-state index contributed by atoms with van der Waals surface area (Å²) in [6, 6.07) is 29.7. The van der Waals surface area contributed by atoms with Gasteiger partial charge in [0, 0.05) is 13.8 Å². The zero-order valence-corrected chi connectivity index (χ0v) is 17.4. The molecule has 0 saturated heterocycles. The molecule has 5 rings (SSSR count). The van der Waals surface area contributed by atoms with Crippen LogP contribution in [0.25, 0.3) is 16.4 Å². The number of aromatic nitrogens is 2. The second-order valence-corrected chi connectivity index (χ2v) is 7.78. The van der Waals surface area contributed by atoms with E-state index in [1.165, 1.54) is 33.3 Å². The van der Waals surface area contributed by atoms with Crippen LogP contribution in [0.2, 0.25) is 0 Å². The summed E-state index contributed by atoms with van der Waals surface area (Å²) >= 11 is 0. The molecule has 0 unspecified atom stereocenters. The fraction of sp³-hybridized carbons (Fsp3) is 0.148. The van der Waals surface area contributed by atoms with Gasteiger partial charge in [-0.15, -0.1) is 0 Å². The van der Waals surface area contributed by atoms with Gasteiger partial charge in [0.05, 0.1) is 6.20 Å². The molecule has 148 valence electrons. The van der Waals surface area contributed by atoms with Crippen molar-refractivity contribution in [2.75, 3.05) is 0 Å². The Morgan fingerprint density at radius 3 is 2.37 bits per heavy atom. The van der Waals surface area contributed by atoms with Crippen molar-refractivity contribution in [3.8, 4) is 5.75 Å². The minimum absolute atomic E-state index is 0.555. The van der Waals surface area contributed by atoms with Crippen molar-refractivity contribution in [2.24, 2.45) is 0 Å². The molecule has 3 heteroatoms. The SMILES string of the molecule is Cc1c(C)[n+]2cccc(OCc3ccccc3)c2n1Cc1ccc2ccccc2c1. The zero-order chi connectivity index (χ0) is 20.5. The number of hydrogen-bond acceptors (Lipinski definition) is 1. The monoisotopic (exact) mass is 393 g/mol. The van der Waals surface area contributed by atoms with E-state index in [0.29, 0.717) is 6.61 Å². The summed E-state index contributed by atoms with van der Waals surface area (Å²) in [5.74, 6) is 0.901. The van der Waals surface area contributed by atoms with Gasteiger partial charge in [-0.1, -0.05) is 66.7 Å². The van der Waals surface area contributed by atoms with E-state index in [0.717, 1.165) is 17.9 Å². The highest BCUT2D eigenvalue weighted by Gasteiger charge is 2.24. The minimum Gasteiger partial charge on any atom is -0.481 e. The fourth-order valence-electron chi connectivity index (χ4n) is 4.10. The van der Waals surface area contributed by atoms with Crippen molar-refractivity contribution >= 4 is 16.4 Å². The number of rotatable bonds is 5. The maximum atomic E-state index is 6.28. The summed E-state index contributed by atoms with van der Waals surface area (Å²) in [5.41, 5.74) is 6.03. The lowest BCUT2D eigenvalue weighted by Gasteiger charge is -2.08. The van der Waals surface area contributed by atoms with E-state index in [2.05, 4.69) is 95.7 Å². The number of benzene rings is 3. The van der Waals surface area contributed by atoms with Crippen molar-refractivity contribution in [3.63, 3.8) is 0 Å². The number of imidazole rings is 1. The molecule has 5 aromatic rings. The number of nitrogens with zero attached hydrogens (tertiary/aromatic N) is 2. The molecule has 0 radical (unpaired) electrons. The molecule has 0 fully saturated rings. The van der Waals surface area contributed by atoms with Gasteiger partial charge >= 0.3 is 5.65 Å². The molecule has 0 saturated carbocycles. The molecule has 2 heterocycles. The Balaban J connectivity index is 1.55. The van der Waals surface area contributed by atoms with E-state index >= 15 is 0 Å². The Morgan fingerprint density at radius 1 is 0.767 bits per heavy atom. The summed E-state index contributed by atoms with van der Waals surface area (Å²) in [6.45, 7) is 5.71. The quantitative estimate of drug-likeness (QED) is 0.354. The lowest BCUT2D eigenvalue weighted by molar-refractivity contribution is -0.519. The molecule has 0 bridgehead atoms. The highest BCUT2D eigenvalue weighted by molar-refractivity contribution is 5.83. The Bertz CT molecular complexity index is 1340. The average molecular weight is 394 g/mol. The van der Waals surface area contributed by atoms with Crippen LogP contribution >= 0.6 is 0 Å². The predicted molar refractivity (Wildman–Crippen MR) is 121 cm³/mol. The number of ether oxygens (including phenoxy) is 1. The largest absolute Gasteiger partial charge is 0.481 e. The van der Waals surface area contributed by atoms with E-state index in [1.807, 2.05) is 18.2 Å². The molecule has 0 amide bonds. The van der Waals surface area contributed by atoms with Gasteiger partial charge in [0.1, 0.15) is 24.5 Å². The maximum absolute atomic E-state index is 6.28. The number of hydrogen-bond donors (Lipinski definition) is 0. The summed E-state index contributed by atoms with van der Waals surface area (Å²) in [7, 11) is 0. The lowest BCUT2D eigenvalue weighted by atomic mass is 10.1. The van der Waals surface area contributed by atoms with Gasteiger partial charge in [-0.25, -0.2) is 4.57 Å². The van der Waals surface area contributed by atoms with Crippen LogP contribution in [-0.4, -0.2) is 4.57 Å². The predicted octanol–water partition coefficient (Wildman–Crippen LogP) is 5.62. The van der Waals surface area contributed by atoms with Gasteiger partial charge in [-0.3, -0.25) is 0 Å². The fourth-order valence-corrected chi connectivity index (χ4v) is 4.10. The molecule has 0 atom stereocenters. The van der Waals surface area contributed by atoms with Crippen LogP contribution in [0.5, 0.6) is 5.75 Å². The molecule has 0 aliphatic rings. The molecule has 0 aliphatic carbocycles. The number of pyridine rings is 1. The van der Waals surface area contributed by atoms with Crippen molar-refractivity contribution in [3.05, 3.63) is 114 Å². The van der Waals surface area contributed by atoms with Crippen molar-refractivity contribution in [1.29, 1.82) is 0 Å². The minimum atomic E-state index is 0.555. The van der Waals surface area contributed by atoms with E-state index in [9.17, 15) is 0 Å². The van der Waals surface area contributed by atoms with E-state index < -0.39 is 0 Å². The van der Waals surface area contributed by atoms with Crippen LogP contribution in [0.4, 0.5) is 0 Å². The van der Waals surface area contributed by atoms with Gasteiger partial charge in [0.15, 0.2) is 0 Å². The van der Waals surface area contributed by atoms with Gasteiger partial charge in [-0.05, 0) is 40.1 Å². The third-order valence-electron chi connectivity index (χ3n) is 5.87. The van der Waals surface area contributed by atoms with Crippen LogP contribution < -0.4 is 9.14 Å². The second-order valence-electron chi connectivity index (χ2n) is 7.78. The smallest absolute Gasteiger partial charge is 0.329 e. The van der Waals surface area contributed by atoms with Gasteiger partial charge in [0.25, 0.3) is 0 Å². The molecule has 2 aromatic heterocycles. The Labute approximate surface area is 176 Å². The molecule has 30 heavy (non-hydrogen) atoms. The van der Waals surface area contributed by atoms with Crippen LogP contribution in [-0.2, 0) is 13.2 Å². The summed E-state index contributed by atoms with van der Waals surface area (Å²) < 4.78 is 10.9. The summed E-state index contributed by atoms with van der Waals surface area (Å²) in [5, 5.41) is 2.54. The lowest BCUT2D eigenvalue weighted by Crippen LogP contribution is -2.23. The molecule has 0 aliphatic heterocycles. The Hall–Kier alpha value is -3.59. The van der Waals surface area contributed by atoms with E-state index in [1.54, 1.807) is 0 Å². The van der Waals surface area contributed by atoms with Crippen molar-refractivity contribution in [2.45, 2.75) is 27.0 Å². The standard InChI is InChI=1S/C27H25N2O/c1-20-21(2)29(18-23-14-15-24-11-6-7-12-25(24)17-23)27-26(13-8-16-28(20)27)30-19-22-9-4-3-5-10-22/h3-17H,18-19H2,1-2H3/q+1. The number of fused-ring (bicyclic) bond motifs is 2. The van der Waals surface area contributed by atoms with Crippen LogP contribution in [0.1, 0.15) is 22.5 Å². The topological polar surface area (TPSA) is 18.3 Å². The van der Waals surface area contributed by atoms with Crippen LogP contribution in [0, 0.1) is 13.8 Å². The first kappa shape index (κ1) is 18.4. The highest BCUT2D eigenvalue weighted by Crippen LogP contribution is 2.24. The van der Waals surface area contributed by atoms with Gasteiger partial charge < -0.3 is 4.74 Å². The highest BCUT2D eigenvalue weighted by atomic mass is 16.5. The van der Waals surface area contributed by atoms with Crippen LogP contribution in [0.3, 0.4) is 0 Å². The third-order valence-corrected chi connectivity index (χ3v) is 5.87. The van der Waals surface area contributed by atoms with Crippen molar-refractivity contribution in [1.82, 2.24) is 4.57 Å². The molecular weight excluding hydrogens is 368 g/mol. The zero-order valence-electron chi connectivity index (χ0n) is 17.4. The van der Waals surface area contributed by atoms with Gasteiger partial charge in [-0.2, -0.15) is 4.40 Å². The molecule has 0 spiro atoms. The van der Waals surface area contributed by atoms with Crippen molar-refractivity contribution < 1.29 is 9.14 Å². The second kappa shape index (κ2) is 7.68. The summed E-state index contributed by atoms with van der Waals surface area (Å²) in [6.07, 6.45) is 2.12. The molecule has 3 aromatic carbocycles. The maximum Gasteiger partial charge on any atom is 0.329 e. The van der Waals surface area contributed by atoms with E-state index in [-0.39, 0.29) is 0 Å². The third kappa shape index (κ3) is 3.33. The molecular formula is C27H25N2O+. The normalized spacial score (nSPS) is 11.3. The van der Waals surface area contributed by atoms with E-state index in [4.69, 9.17) is 4.74 Å². The summed E-state index contributed by atoms with van der Waals surface area (Å²) in [4.78, 5) is 0. The first-order valence-corrected chi connectivity index (χ1v) is 10.4. The van der Waals surface area contributed by atoms with Crippen LogP contribution in [0.15, 0.2) is 91.1 Å². The van der Waals surface area contributed by atoms with Gasteiger partial charge in [0.2, 0.25) is 5.75 Å². The first-order valence-electron chi connectivity index (χ1n) is 10.4. The Morgan fingerprint density at radius 2 is 1.53 bits per heavy atom. The average Bonchev–Trinajstić information content (AvgIpc) is 3.04. The Kier molecular flexibility index (Phi) is 4.72. The number of aryl methyl sites for hydroxylation is 1. The molecule has 3 nitrogen and oxygen atoms in total.